The maximum atomic E-state index is 13.6. The summed E-state index contributed by atoms with van der Waals surface area (Å²) in [6.45, 7) is 3.05. The normalized spacial score (nSPS) is 30.1. The molecule has 1 N–H and O–H groups in total. The van der Waals surface area contributed by atoms with Crippen molar-refractivity contribution in [3.05, 3.63) is 53.7 Å². The number of methoxy groups -OCH3 is 1. The number of carbonyl (C=O) groups is 1. The monoisotopic (exact) mass is 392 g/mol. The highest BCUT2D eigenvalue weighted by molar-refractivity contribution is 5.95. The maximum Gasteiger partial charge on any atom is 0.254 e. The number of pyridine rings is 1. The van der Waals surface area contributed by atoms with E-state index in [-0.39, 0.29) is 11.9 Å². The minimum absolute atomic E-state index is 0.123. The Hall–Kier alpha value is -2.60. The molecule has 0 unspecified atom stereocenters. The van der Waals surface area contributed by atoms with Crippen LogP contribution in [0, 0.1) is 5.92 Å². The number of anilines is 1. The highest BCUT2D eigenvalue weighted by atomic mass is 16.5. The summed E-state index contributed by atoms with van der Waals surface area (Å²) >= 11 is 0. The van der Waals surface area contributed by atoms with Gasteiger partial charge in [-0.15, -0.1) is 0 Å². The Morgan fingerprint density at radius 3 is 2.76 bits per heavy atom. The van der Waals surface area contributed by atoms with Crippen molar-refractivity contribution in [2.75, 3.05) is 39.1 Å². The van der Waals surface area contributed by atoms with Gasteiger partial charge in [-0.25, -0.2) is 4.98 Å². The fourth-order valence-corrected chi connectivity index (χ4v) is 5.69. The molecule has 1 amide bonds. The minimum Gasteiger partial charge on any atom is -0.497 e. The lowest BCUT2D eigenvalue weighted by atomic mass is 9.75. The largest absolute Gasteiger partial charge is 0.497 e. The number of amides is 1. The van der Waals surface area contributed by atoms with E-state index in [0.29, 0.717) is 23.4 Å². The first kappa shape index (κ1) is 18.4. The molecule has 1 aromatic carbocycles. The first-order valence-electron chi connectivity index (χ1n) is 10.5. The van der Waals surface area contributed by atoms with Crippen LogP contribution in [0.1, 0.15) is 34.7 Å². The topological polar surface area (TPSA) is 57.7 Å². The predicted molar refractivity (Wildman–Crippen MR) is 112 cm³/mol. The number of hydrogen-bond acceptors (Lipinski definition) is 5. The van der Waals surface area contributed by atoms with Gasteiger partial charge in [0.2, 0.25) is 0 Å². The Balaban J connectivity index is 1.51. The van der Waals surface area contributed by atoms with Gasteiger partial charge < -0.3 is 15.0 Å². The quantitative estimate of drug-likeness (QED) is 0.867. The second-order valence-corrected chi connectivity index (χ2v) is 8.37. The lowest BCUT2D eigenvalue weighted by molar-refractivity contribution is -0.00341. The maximum absolute atomic E-state index is 13.6. The standard InChI is InChI=1S/C23H28N4O2/c1-24-20-13-17(6-9-25-20)23(28)27-14-19(16-4-3-5-18(12-16)29-2)22-21(27)15-7-10-26(22)11-8-15/h3-6,9,12-13,15,19,21-22H,7-8,10-11,14H2,1-2H3,(H,24,25)/t19-,21-,22-/m1/s1. The van der Waals surface area contributed by atoms with Crippen molar-refractivity contribution in [1.82, 2.24) is 14.8 Å². The Labute approximate surface area is 171 Å². The van der Waals surface area contributed by atoms with Gasteiger partial charge in [0.15, 0.2) is 0 Å². The molecule has 0 radical (unpaired) electrons. The third kappa shape index (κ3) is 3.06. The summed E-state index contributed by atoms with van der Waals surface area (Å²) in [4.78, 5) is 22.6. The molecule has 29 heavy (non-hydrogen) atoms. The SMILES string of the molecule is CNc1cc(C(=O)N2C[C@H](c3cccc(OC)c3)[C@@H]3[C@H]2C2CCN3CC2)ccn1. The molecule has 0 saturated carbocycles. The Bertz CT molecular complexity index is 909. The molecule has 4 aliphatic heterocycles. The molecule has 0 aliphatic carbocycles. The molecular weight excluding hydrogens is 364 g/mol. The molecule has 2 aromatic rings. The van der Waals surface area contributed by atoms with E-state index in [4.69, 9.17) is 4.74 Å². The van der Waals surface area contributed by atoms with Crippen molar-refractivity contribution in [1.29, 1.82) is 0 Å². The van der Waals surface area contributed by atoms with Gasteiger partial charge in [0.1, 0.15) is 11.6 Å². The molecule has 6 nitrogen and oxygen atoms in total. The van der Waals surface area contributed by atoms with Gasteiger partial charge in [-0.1, -0.05) is 12.1 Å². The van der Waals surface area contributed by atoms with E-state index < -0.39 is 0 Å². The second-order valence-electron chi connectivity index (χ2n) is 8.37. The smallest absolute Gasteiger partial charge is 0.254 e. The molecule has 3 atom stereocenters. The fraction of sp³-hybridized carbons (Fsp3) is 0.478. The number of benzene rings is 1. The van der Waals surface area contributed by atoms with Crippen LogP contribution in [0.3, 0.4) is 0 Å². The molecule has 6 heteroatoms. The lowest BCUT2D eigenvalue weighted by Gasteiger charge is -2.51. The number of likely N-dealkylation sites (tertiary alicyclic amines) is 1. The third-order valence-corrected chi connectivity index (χ3v) is 7.04. The summed E-state index contributed by atoms with van der Waals surface area (Å²) < 4.78 is 5.47. The number of rotatable bonds is 4. The minimum atomic E-state index is 0.123. The van der Waals surface area contributed by atoms with Crippen LogP contribution in [0.2, 0.25) is 0 Å². The molecule has 4 aliphatic rings. The number of nitrogens with one attached hydrogen (secondary N) is 1. The molecule has 2 bridgehead atoms. The summed E-state index contributed by atoms with van der Waals surface area (Å²) in [5, 5.41) is 3.04. The summed E-state index contributed by atoms with van der Waals surface area (Å²) in [6.07, 6.45) is 4.09. The second kappa shape index (κ2) is 7.34. The summed E-state index contributed by atoms with van der Waals surface area (Å²) in [6, 6.07) is 12.7. The highest BCUT2D eigenvalue weighted by Gasteiger charge is 2.54. The Morgan fingerprint density at radius 1 is 1.17 bits per heavy atom. The first-order chi connectivity index (χ1) is 14.2. The molecule has 0 spiro atoms. The fourth-order valence-electron chi connectivity index (χ4n) is 5.69. The Morgan fingerprint density at radius 2 is 2.00 bits per heavy atom. The van der Waals surface area contributed by atoms with Gasteiger partial charge in [-0.05, 0) is 61.7 Å². The van der Waals surface area contributed by atoms with E-state index in [1.807, 2.05) is 25.2 Å². The number of ether oxygens (including phenoxy) is 1. The van der Waals surface area contributed by atoms with Crippen LogP contribution in [0.5, 0.6) is 5.75 Å². The van der Waals surface area contributed by atoms with Crippen LogP contribution in [0.4, 0.5) is 5.82 Å². The zero-order valence-corrected chi connectivity index (χ0v) is 17.0. The van der Waals surface area contributed by atoms with Gasteiger partial charge in [-0.2, -0.15) is 0 Å². The number of piperidine rings is 3. The van der Waals surface area contributed by atoms with E-state index in [2.05, 4.69) is 38.3 Å². The van der Waals surface area contributed by atoms with Crippen molar-refractivity contribution in [2.24, 2.45) is 5.92 Å². The number of carbonyl (C=O) groups excluding carboxylic acids is 1. The molecular formula is C23H28N4O2. The molecule has 6 rings (SSSR count). The van der Waals surface area contributed by atoms with Crippen LogP contribution in [0.15, 0.2) is 42.6 Å². The van der Waals surface area contributed by atoms with Crippen LogP contribution < -0.4 is 10.1 Å². The van der Waals surface area contributed by atoms with Crippen LogP contribution in [-0.2, 0) is 0 Å². The lowest BCUT2D eigenvalue weighted by Crippen LogP contribution is -2.60. The van der Waals surface area contributed by atoms with Crippen molar-refractivity contribution >= 4 is 11.7 Å². The van der Waals surface area contributed by atoms with Gasteiger partial charge in [0.25, 0.3) is 5.91 Å². The van der Waals surface area contributed by atoms with Crippen molar-refractivity contribution in [2.45, 2.75) is 30.8 Å². The molecule has 5 heterocycles. The highest BCUT2D eigenvalue weighted by Crippen LogP contribution is 2.47. The van der Waals surface area contributed by atoms with E-state index in [1.54, 1.807) is 13.3 Å². The number of hydrogen-bond donors (Lipinski definition) is 1. The van der Waals surface area contributed by atoms with Crippen molar-refractivity contribution in [3.8, 4) is 5.75 Å². The molecule has 152 valence electrons. The zero-order chi connectivity index (χ0) is 20.0. The average Bonchev–Trinajstić information content (AvgIpc) is 3.22. The predicted octanol–water partition coefficient (Wildman–Crippen LogP) is 2.83. The molecule has 1 aromatic heterocycles. The average molecular weight is 393 g/mol. The summed E-state index contributed by atoms with van der Waals surface area (Å²) in [7, 11) is 3.54. The van der Waals surface area contributed by atoms with Crippen LogP contribution in [-0.4, -0.2) is 66.6 Å². The molecule has 4 fully saturated rings. The summed E-state index contributed by atoms with van der Waals surface area (Å²) in [5.41, 5.74) is 1.98. The first-order valence-corrected chi connectivity index (χ1v) is 10.5. The van der Waals surface area contributed by atoms with Crippen LogP contribution >= 0.6 is 0 Å². The number of fused-ring (bicyclic) bond motifs is 2. The van der Waals surface area contributed by atoms with Gasteiger partial charge in [-0.3, -0.25) is 9.69 Å². The van der Waals surface area contributed by atoms with E-state index in [0.717, 1.165) is 31.2 Å². The third-order valence-electron chi connectivity index (χ3n) is 7.04. The number of nitrogens with zero attached hydrogens (tertiary/aromatic N) is 3. The number of aromatic nitrogens is 1. The van der Waals surface area contributed by atoms with Crippen molar-refractivity contribution in [3.63, 3.8) is 0 Å². The van der Waals surface area contributed by atoms with E-state index >= 15 is 0 Å². The summed E-state index contributed by atoms with van der Waals surface area (Å²) in [5.74, 6) is 2.64. The zero-order valence-electron chi connectivity index (χ0n) is 17.0. The Kier molecular flexibility index (Phi) is 4.66. The van der Waals surface area contributed by atoms with Crippen LogP contribution in [0.25, 0.3) is 0 Å². The van der Waals surface area contributed by atoms with Gasteiger partial charge >= 0.3 is 0 Å². The van der Waals surface area contributed by atoms with E-state index in [9.17, 15) is 4.79 Å². The molecule has 4 saturated heterocycles. The van der Waals surface area contributed by atoms with E-state index in [1.165, 1.54) is 18.4 Å². The van der Waals surface area contributed by atoms with Crippen molar-refractivity contribution < 1.29 is 9.53 Å². The van der Waals surface area contributed by atoms with Gasteiger partial charge in [0, 0.05) is 37.3 Å². The van der Waals surface area contributed by atoms with Gasteiger partial charge in [0.05, 0.1) is 13.2 Å².